The van der Waals surface area contributed by atoms with E-state index in [-0.39, 0.29) is 16.4 Å². The minimum atomic E-state index is -1.22. The number of aromatic nitrogens is 1. The second-order valence-electron chi connectivity index (χ2n) is 3.64. The number of hydrogen-bond acceptors (Lipinski definition) is 5. The molecule has 2 rings (SSSR count). The Balaban J connectivity index is 2.41. The summed E-state index contributed by atoms with van der Waals surface area (Å²) in [6.45, 7) is 0. The van der Waals surface area contributed by atoms with Crippen LogP contribution in [0.15, 0.2) is 50.8 Å². The number of pyridine rings is 1. The first-order chi connectivity index (χ1) is 9.47. The SMILES string of the molecule is O=C(O)c1ccc([N+](=O)[O-])c(Sc2ccc(Br)cc2)n1. The van der Waals surface area contributed by atoms with Crippen molar-refractivity contribution in [2.24, 2.45) is 0 Å². The second-order valence-corrected chi connectivity index (χ2v) is 5.62. The van der Waals surface area contributed by atoms with Gasteiger partial charge in [0.25, 0.3) is 0 Å². The van der Waals surface area contributed by atoms with Gasteiger partial charge in [0.1, 0.15) is 5.69 Å². The molecule has 0 unspecified atom stereocenters. The molecule has 0 aliphatic rings. The van der Waals surface area contributed by atoms with Crippen molar-refractivity contribution in [1.29, 1.82) is 0 Å². The first kappa shape index (κ1) is 14.5. The third-order valence-corrected chi connectivity index (χ3v) is 3.81. The van der Waals surface area contributed by atoms with Gasteiger partial charge in [0, 0.05) is 15.4 Å². The van der Waals surface area contributed by atoms with Crippen LogP contribution in [0, 0.1) is 10.1 Å². The Labute approximate surface area is 126 Å². The number of carbonyl (C=O) groups is 1. The molecule has 0 fully saturated rings. The van der Waals surface area contributed by atoms with Crippen molar-refractivity contribution < 1.29 is 14.8 Å². The Morgan fingerprint density at radius 3 is 2.45 bits per heavy atom. The molecule has 8 heteroatoms. The van der Waals surface area contributed by atoms with E-state index in [1.165, 1.54) is 0 Å². The topological polar surface area (TPSA) is 93.3 Å². The van der Waals surface area contributed by atoms with E-state index in [1.54, 1.807) is 24.3 Å². The average molecular weight is 355 g/mol. The lowest BCUT2D eigenvalue weighted by atomic mass is 10.3. The lowest BCUT2D eigenvalue weighted by Gasteiger charge is -2.03. The van der Waals surface area contributed by atoms with E-state index >= 15 is 0 Å². The molecule has 0 aliphatic carbocycles. The summed E-state index contributed by atoms with van der Waals surface area (Å²) in [7, 11) is 0. The van der Waals surface area contributed by atoms with Crippen LogP contribution in [0.2, 0.25) is 0 Å². The van der Waals surface area contributed by atoms with Crippen LogP contribution in [0.4, 0.5) is 5.69 Å². The third-order valence-electron chi connectivity index (χ3n) is 2.28. The molecular formula is C12H7BrN2O4S. The Hall–Kier alpha value is -1.93. The first-order valence-corrected chi connectivity index (χ1v) is 6.90. The van der Waals surface area contributed by atoms with Crippen molar-refractivity contribution in [1.82, 2.24) is 4.98 Å². The predicted octanol–water partition coefficient (Wildman–Crippen LogP) is 3.60. The number of aromatic carboxylic acids is 1. The van der Waals surface area contributed by atoms with E-state index < -0.39 is 10.9 Å². The summed E-state index contributed by atoms with van der Waals surface area (Å²) < 4.78 is 0.878. The van der Waals surface area contributed by atoms with Gasteiger partial charge in [0.05, 0.1) is 4.92 Å². The van der Waals surface area contributed by atoms with Crippen molar-refractivity contribution >= 4 is 39.3 Å². The van der Waals surface area contributed by atoms with Gasteiger partial charge in [0.15, 0.2) is 5.03 Å². The Bertz CT molecular complexity index is 676. The molecule has 0 atom stereocenters. The Morgan fingerprint density at radius 1 is 1.25 bits per heavy atom. The summed E-state index contributed by atoms with van der Waals surface area (Å²) in [5.41, 5.74) is -0.446. The normalized spacial score (nSPS) is 10.2. The van der Waals surface area contributed by atoms with Gasteiger partial charge in [0.2, 0.25) is 0 Å². The van der Waals surface area contributed by atoms with E-state index in [0.29, 0.717) is 0 Å². The van der Waals surface area contributed by atoms with Crippen molar-refractivity contribution in [2.75, 3.05) is 0 Å². The summed E-state index contributed by atoms with van der Waals surface area (Å²) in [6.07, 6.45) is 0. The predicted molar refractivity (Wildman–Crippen MR) is 76.1 cm³/mol. The Kier molecular flexibility index (Phi) is 4.35. The van der Waals surface area contributed by atoms with Gasteiger partial charge < -0.3 is 5.11 Å². The molecule has 6 nitrogen and oxygen atoms in total. The molecule has 20 heavy (non-hydrogen) atoms. The standard InChI is InChI=1S/C12H7BrN2O4S/c13-7-1-3-8(4-2-7)20-11-10(15(18)19)6-5-9(14-11)12(16)17/h1-6H,(H,16,17). The van der Waals surface area contributed by atoms with Crippen LogP contribution in [-0.4, -0.2) is 21.0 Å². The number of hydrogen-bond donors (Lipinski definition) is 1. The fraction of sp³-hybridized carbons (Fsp3) is 0. The molecule has 1 aromatic heterocycles. The maximum Gasteiger partial charge on any atom is 0.354 e. The molecule has 0 bridgehead atoms. The lowest BCUT2D eigenvalue weighted by molar-refractivity contribution is -0.388. The number of carboxylic acids is 1. The maximum atomic E-state index is 10.9. The Morgan fingerprint density at radius 2 is 1.90 bits per heavy atom. The number of nitrogens with zero attached hydrogens (tertiary/aromatic N) is 2. The number of nitro groups is 1. The van der Waals surface area contributed by atoms with Crippen molar-refractivity contribution in [2.45, 2.75) is 9.92 Å². The van der Waals surface area contributed by atoms with E-state index in [1.807, 2.05) is 0 Å². The van der Waals surface area contributed by atoms with Gasteiger partial charge in [-0.05, 0) is 30.3 Å². The zero-order valence-corrected chi connectivity index (χ0v) is 12.2. The zero-order chi connectivity index (χ0) is 14.7. The minimum absolute atomic E-state index is 0.0530. The molecule has 102 valence electrons. The highest BCUT2D eigenvalue weighted by Crippen LogP contribution is 2.33. The maximum absolute atomic E-state index is 10.9. The summed E-state index contributed by atoms with van der Waals surface area (Å²) in [5.74, 6) is -1.22. The van der Waals surface area contributed by atoms with Gasteiger partial charge in [-0.2, -0.15) is 0 Å². The van der Waals surface area contributed by atoms with Crippen molar-refractivity contribution in [3.63, 3.8) is 0 Å². The van der Waals surface area contributed by atoms with E-state index in [0.717, 1.165) is 33.3 Å². The molecule has 1 heterocycles. The van der Waals surface area contributed by atoms with E-state index in [9.17, 15) is 14.9 Å². The summed E-state index contributed by atoms with van der Waals surface area (Å²) in [5, 5.41) is 19.9. The molecule has 0 radical (unpaired) electrons. The van der Waals surface area contributed by atoms with Crippen molar-refractivity contribution in [3.8, 4) is 0 Å². The monoisotopic (exact) mass is 354 g/mol. The molecule has 1 aromatic carbocycles. The van der Waals surface area contributed by atoms with Crippen LogP contribution in [0.3, 0.4) is 0 Å². The summed E-state index contributed by atoms with van der Waals surface area (Å²) in [4.78, 5) is 25.8. The molecule has 0 spiro atoms. The van der Waals surface area contributed by atoms with E-state index in [2.05, 4.69) is 20.9 Å². The van der Waals surface area contributed by atoms with Crippen LogP contribution in [0.5, 0.6) is 0 Å². The van der Waals surface area contributed by atoms with Gasteiger partial charge in [-0.3, -0.25) is 10.1 Å². The molecular weight excluding hydrogens is 348 g/mol. The van der Waals surface area contributed by atoms with Gasteiger partial charge in [-0.1, -0.05) is 27.7 Å². The molecule has 2 aromatic rings. The van der Waals surface area contributed by atoms with Crippen LogP contribution in [0.25, 0.3) is 0 Å². The highest BCUT2D eigenvalue weighted by Gasteiger charge is 2.19. The molecule has 0 aliphatic heterocycles. The fourth-order valence-corrected chi connectivity index (χ4v) is 2.53. The fourth-order valence-electron chi connectivity index (χ4n) is 1.38. The number of rotatable bonds is 4. The third kappa shape index (κ3) is 3.34. The quantitative estimate of drug-likeness (QED) is 0.665. The molecule has 0 saturated carbocycles. The molecule has 1 N–H and O–H groups in total. The highest BCUT2D eigenvalue weighted by atomic mass is 79.9. The van der Waals surface area contributed by atoms with Gasteiger partial charge >= 0.3 is 11.7 Å². The average Bonchev–Trinajstić information content (AvgIpc) is 2.41. The molecule has 0 saturated heterocycles. The summed E-state index contributed by atoms with van der Waals surface area (Å²) >= 11 is 4.33. The summed E-state index contributed by atoms with van der Waals surface area (Å²) in [6, 6.07) is 9.36. The minimum Gasteiger partial charge on any atom is -0.477 e. The van der Waals surface area contributed by atoms with Crippen LogP contribution >= 0.6 is 27.7 Å². The van der Waals surface area contributed by atoms with Gasteiger partial charge in [-0.25, -0.2) is 9.78 Å². The zero-order valence-electron chi connectivity index (χ0n) is 9.82. The van der Waals surface area contributed by atoms with Crippen molar-refractivity contribution in [3.05, 3.63) is 56.7 Å². The van der Waals surface area contributed by atoms with E-state index in [4.69, 9.17) is 5.11 Å². The number of halogens is 1. The number of benzene rings is 1. The highest BCUT2D eigenvalue weighted by molar-refractivity contribution is 9.10. The van der Waals surface area contributed by atoms with Gasteiger partial charge in [-0.15, -0.1) is 0 Å². The number of carboxylic acid groups (broad SMARTS) is 1. The van der Waals surface area contributed by atoms with Crippen LogP contribution in [0.1, 0.15) is 10.5 Å². The smallest absolute Gasteiger partial charge is 0.354 e. The largest absolute Gasteiger partial charge is 0.477 e. The van der Waals surface area contributed by atoms with Crippen LogP contribution < -0.4 is 0 Å². The molecule has 0 amide bonds. The second kappa shape index (κ2) is 6.02. The van der Waals surface area contributed by atoms with Crippen LogP contribution in [-0.2, 0) is 0 Å². The first-order valence-electron chi connectivity index (χ1n) is 5.29. The lowest BCUT2D eigenvalue weighted by Crippen LogP contribution is -2.03.